The summed E-state index contributed by atoms with van der Waals surface area (Å²) in [6, 6.07) is 6.55. The van der Waals surface area contributed by atoms with Gasteiger partial charge >= 0.3 is 5.97 Å². The summed E-state index contributed by atoms with van der Waals surface area (Å²) < 4.78 is 1.66. The lowest BCUT2D eigenvalue weighted by molar-refractivity contribution is -0.135. The molecule has 3 aromatic rings. The Morgan fingerprint density at radius 2 is 1.91 bits per heavy atom. The minimum absolute atomic E-state index is 0.0208. The molecule has 1 unspecified atom stereocenters. The molecule has 0 saturated carbocycles. The predicted octanol–water partition coefficient (Wildman–Crippen LogP) is 2.50. The van der Waals surface area contributed by atoms with Crippen molar-refractivity contribution >= 4 is 29.1 Å². The monoisotopic (exact) mass is 494 g/mol. The third-order valence-corrected chi connectivity index (χ3v) is 7.64. The van der Waals surface area contributed by atoms with E-state index in [2.05, 4.69) is 15.3 Å². The second-order valence-electron chi connectivity index (χ2n) is 8.86. The molecule has 2 aliphatic heterocycles. The summed E-state index contributed by atoms with van der Waals surface area (Å²) in [5, 5.41) is 17.7. The van der Waals surface area contributed by atoms with Crippen molar-refractivity contribution in [2.45, 2.75) is 44.2 Å². The highest BCUT2D eigenvalue weighted by Gasteiger charge is 2.39. The van der Waals surface area contributed by atoms with E-state index in [9.17, 15) is 19.5 Å². The topological polar surface area (TPSA) is 122 Å². The van der Waals surface area contributed by atoms with E-state index in [0.717, 1.165) is 23.4 Å². The van der Waals surface area contributed by atoms with Gasteiger partial charge in [-0.05, 0) is 37.3 Å². The first-order valence-electron chi connectivity index (χ1n) is 11.7. The lowest BCUT2D eigenvalue weighted by Crippen LogP contribution is -2.47. The van der Waals surface area contributed by atoms with Crippen molar-refractivity contribution in [3.8, 4) is 10.6 Å². The number of carboxylic acid groups (broad SMARTS) is 1. The maximum Gasteiger partial charge on any atom is 0.335 e. The largest absolute Gasteiger partial charge is 0.478 e. The molecule has 2 aliphatic rings. The van der Waals surface area contributed by atoms with Gasteiger partial charge in [0.1, 0.15) is 11.7 Å². The van der Waals surface area contributed by atoms with Crippen LogP contribution in [0.25, 0.3) is 10.6 Å². The number of benzene rings is 1. The number of carbonyl (C=O) groups excluding carboxylic acids is 2. The molecular weight excluding hydrogens is 468 g/mol. The number of carboxylic acids is 1. The van der Waals surface area contributed by atoms with Crippen LogP contribution in [0.5, 0.6) is 0 Å². The van der Waals surface area contributed by atoms with Gasteiger partial charge < -0.3 is 14.9 Å². The molecule has 1 N–H and O–H groups in total. The standard InChI is InChI=1S/C24H26N6O4S/c31-22(6-5-16-3-1-2-4-18(16)24(33)34)28-10-7-17(8-11-28)29-12-9-20(23(29)32)30-14-19(26-27-30)21-13-25-15-35-21/h1-4,13-15,17,20H,5-12H2,(H,33,34). The van der Waals surface area contributed by atoms with Crippen LogP contribution in [0.3, 0.4) is 0 Å². The summed E-state index contributed by atoms with van der Waals surface area (Å²) in [7, 11) is 0. The van der Waals surface area contributed by atoms with Gasteiger partial charge in [-0.15, -0.1) is 16.4 Å². The summed E-state index contributed by atoms with van der Waals surface area (Å²) in [4.78, 5) is 46.1. The predicted molar refractivity (Wildman–Crippen MR) is 128 cm³/mol. The second kappa shape index (κ2) is 9.95. The number of hydrogen-bond acceptors (Lipinski definition) is 7. The van der Waals surface area contributed by atoms with E-state index in [-0.39, 0.29) is 35.9 Å². The van der Waals surface area contributed by atoms with Crippen molar-refractivity contribution in [2.24, 2.45) is 0 Å². The summed E-state index contributed by atoms with van der Waals surface area (Å²) in [5.41, 5.74) is 3.37. The molecule has 1 aromatic carbocycles. The molecule has 10 nitrogen and oxygen atoms in total. The summed E-state index contributed by atoms with van der Waals surface area (Å²) in [6.07, 6.45) is 6.37. The Morgan fingerprint density at radius 3 is 2.66 bits per heavy atom. The molecule has 2 amide bonds. The first-order chi connectivity index (χ1) is 17.0. The van der Waals surface area contributed by atoms with Gasteiger partial charge in [0.25, 0.3) is 0 Å². The van der Waals surface area contributed by atoms with Crippen LogP contribution in [-0.4, -0.2) is 78.3 Å². The maximum atomic E-state index is 13.2. The molecule has 35 heavy (non-hydrogen) atoms. The molecule has 4 heterocycles. The molecule has 0 aliphatic carbocycles. The van der Waals surface area contributed by atoms with Crippen LogP contribution >= 0.6 is 11.3 Å². The molecule has 11 heteroatoms. The zero-order chi connectivity index (χ0) is 24.4. The molecule has 2 fully saturated rings. The average molecular weight is 495 g/mol. The van der Waals surface area contributed by atoms with Crippen molar-refractivity contribution in [1.29, 1.82) is 0 Å². The fourth-order valence-electron chi connectivity index (χ4n) is 4.95. The number of carbonyl (C=O) groups is 3. The smallest absolute Gasteiger partial charge is 0.335 e. The van der Waals surface area contributed by atoms with E-state index in [1.807, 2.05) is 16.0 Å². The number of thiazole rings is 1. The number of piperidine rings is 1. The van der Waals surface area contributed by atoms with Crippen molar-refractivity contribution in [2.75, 3.05) is 19.6 Å². The van der Waals surface area contributed by atoms with Crippen LogP contribution in [0, 0.1) is 0 Å². The average Bonchev–Trinajstić information content (AvgIpc) is 3.63. The van der Waals surface area contributed by atoms with Crippen molar-refractivity contribution in [3.63, 3.8) is 0 Å². The van der Waals surface area contributed by atoms with Crippen molar-refractivity contribution < 1.29 is 19.5 Å². The maximum absolute atomic E-state index is 13.2. The second-order valence-corrected chi connectivity index (χ2v) is 9.75. The van der Waals surface area contributed by atoms with Crippen LogP contribution < -0.4 is 0 Å². The molecule has 0 bridgehead atoms. The highest BCUT2D eigenvalue weighted by atomic mass is 32.1. The van der Waals surface area contributed by atoms with E-state index >= 15 is 0 Å². The van der Waals surface area contributed by atoms with Crippen molar-refractivity contribution in [1.82, 2.24) is 29.8 Å². The minimum atomic E-state index is -0.979. The number of aromatic carboxylic acids is 1. The third-order valence-electron chi connectivity index (χ3n) is 6.84. The molecule has 2 saturated heterocycles. The van der Waals surface area contributed by atoms with Crippen LogP contribution in [0.1, 0.15) is 47.6 Å². The number of rotatable bonds is 7. The normalized spacial score (nSPS) is 18.9. The lowest BCUT2D eigenvalue weighted by atomic mass is 10.0. The molecule has 0 spiro atoms. The van der Waals surface area contributed by atoms with E-state index in [1.54, 1.807) is 40.7 Å². The zero-order valence-corrected chi connectivity index (χ0v) is 19.9. The number of amides is 2. The fraction of sp³-hybridized carbons (Fsp3) is 0.417. The van der Waals surface area contributed by atoms with Gasteiger partial charge in [-0.2, -0.15) is 0 Å². The highest BCUT2D eigenvalue weighted by Crippen LogP contribution is 2.30. The number of likely N-dealkylation sites (tertiary alicyclic amines) is 2. The van der Waals surface area contributed by atoms with Gasteiger partial charge in [-0.3, -0.25) is 14.6 Å². The lowest BCUT2D eigenvalue weighted by Gasteiger charge is -2.37. The number of nitrogens with zero attached hydrogens (tertiary/aromatic N) is 6. The SMILES string of the molecule is O=C(O)c1ccccc1CCC(=O)N1CCC(N2CCC(n3cc(-c4cncs4)nn3)C2=O)CC1. The Bertz CT molecular complexity index is 1220. The Labute approximate surface area is 206 Å². The van der Waals surface area contributed by atoms with E-state index in [1.165, 1.54) is 11.3 Å². The Kier molecular flexibility index (Phi) is 6.58. The summed E-state index contributed by atoms with van der Waals surface area (Å²) in [6.45, 7) is 1.86. The number of hydrogen-bond donors (Lipinski definition) is 1. The minimum Gasteiger partial charge on any atom is -0.478 e. The Balaban J connectivity index is 1.13. The first-order valence-corrected chi connectivity index (χ1v) is 12.6. The van der Waals surface area contributed by atoms with Gasteiger partial charge in [0, 0.05) is 38.3 Å². The zero-order valence-electron chi connectivity index (χ0n) is 19.1. The van der Waals surface area contributed by atoms with Gasteiger partial charge in [-0.25, -0.2) is 9.48 Å². The van der Waals surface area contributed by atoms with E-state index < -0.39 is 5.97 Å². The number of aromatic nitrogens is 4. The van der Waals surface area contributed by atoms with E-state index in [0.29, 0.717) is 38.0 Å². The van der Waals surface area contributed by atoms with E-state index in [4.69, 9.17) is 0 Å². The van der Waals surface area contributed by atoms with Crippen LogP contribution in [-0.2, 0) is 16.0 Å². The fourth-order valence-corrected chi connectivity index (χ4v) is 5.52. The molecule has 2 aromatic heterocycles. The molecule has 182 valence electrons. The third kappa shape index (κ3) is 4.81. The first kappa shape index (κ1) is 23.2. The van der Waals surface area contributed by atoms with Gasteiger partial charge in [-0.1, -0.05) is 23.4 Å². The molecular formula is C24H26N6O4S. The van der Waals surface area contributed by atoms with Crippen LogP contribution in [0.4, 0.5) is 0 Å². The summed E-state index contributed by atoms with van der Waals surface area (Å²) >= 11 is 1.48. The Hall–Kier alpha value is -3.60. The number of aryl methyl sites for hydroxylation is 1. The molecule has 5 rings (SSSR count). The Morgan fingerprint density at radius 1 is 1.11 bits per heavy atom. The van der Waals surface area contributed by atoms with Crippen LogP contribution in [0.15, 0.2) is 42.2 Å². The summed E-state index contributed by atoms with van der Waals surface area (Å²) in [5.74, 6) is -0.901. The highest BCUT2D eigenvalue weighted by molar-refractivity contribution is 7.13. The van der Waals surface area contributed by atoms with Crippen LogP contribution in [0.2, 0.25) is 0 Å². The van der Waals surface area contributed by atoms with Crippen molar-refractivity contribution in [3.05, 3.63) is 53.3 Å². The van der Waals surface area contributed by atoms with Gasteiger partial charge in [0.15, 0.2) is 0 Å². The molecule has 0 radical (unpaired) electrons. The molecule has 1 atom stereocenters. The van der Waals surface area contributed by atoms with Gasteiger partial charge in [0.2, 0.25) is 11.8 Å². The van der Waals surface area contributed by atoms with Gasteiger partial charge in [0.05, 0.1) is 22.1 Å². The quantitative estimate of drug-likeness (QED) is 0.536.